The van der Waals surface area contributed by atoms with Gasteiger partial charge in [-0.2, -0.15) is 0 Å². The van der Waals surface area contributed by atoms with Crippen LogP contribution < -0.4 is 5.32 Å². The average Bonchev–Trinajstić information content (AvgIpc) is 2.38. The van der Waals surface area contributed by atoms with Crippen molar-refractivity contribution in [2.45, 2.75) is 6.92 Å². The molecule has 2 nitrogen and oxygen atoms in total. The number of carbonyl (C=O) groups excluding carboxylic acids is 1. The van der Waals surface area contributed by atoms with Gasteiger partial charge in [0, 0.05) is 5.56 Å². The molecule has 0 aliphatic heterocycles. The topological polar surface area (TPSA) is 29.1 Å². The normalized spacial score (nSPS) is 10.3. The van der Waals surface area contributed by atoms with Gasteiger partial charge in [-0.25, -0.2) is 4.39 Å². The SMILES string of the molecule is Cc1ccc(C(=O)Nc2cccc(Cl)c2Br)cc1F. The minimum absolute atomic E-state index is 0.259. The lowest BCUT2D eigenvalue weighted by molar-refractivity contribution is 0.102. The highest BCUT2D eigenvalue weighted by Gasteiger charge is 2.11. The van der Waals surface area contributed by atoms with E-state index >= 15 is 0 Å². The predicted molar refractivity (Wildman–Crippen MR) is 78.2 cm³/mol. The summed E-state index contributed by atoms with van der Waals surface area (Å²) in [6.45, 7) is 1.64. The highest BCUT2D eigenvalue weighted by atomic mass is 79.9. The smallest absolute Gasteiger partial charge is 0.255 e. The molecule has 0 aliphatic carbocycles. The zero-order valence-corrected chi connectivity index (χ0v) is 12.3. The number of hydrogen-bond donors (Lipinski definition) is 1. The minimum Gasteiger partial charge on any atom is -0.321 e. The van der Waals surface area contributed by atoms with Gasteiger partial charge in [0.1, 0.15) is 5.82 Å². The number of amides is 1. The number of hydrogen-bond acceptors (Lipinski definition) is 1. The van der Waals surface area contributed by atoms with Crippen molar-refractivity contribution < 1.29 is 9.18 Å². The second-order valence-corrected chi connectivity index (χ2v) is 5.22. The van der Waals surface area contributed by atoms with E-state index in [2.05, 4.69) is 21.2 Å². The predicted octanol–water partition coefficient (Wildman–Crippen LogP) is 4.80. The number of aryl methyl sites for hydroxylation is 1. The Labute approximate surface area is 123 Å². The fourth-order valence-corrected chi connectivity index (χ4v) is 2.07. The number of benzene rings is 2. The molecular weight excluding hydrogens is 333 g/mol. The number of halogens is 3. The Morgan fingerprint density at radius 1 is 1.32 bits per heavy atom. The maximum absolute atomic E-state index is 13.4. The summed E-state index contributed by atoms with van der Waals surface area (Å²) in [5, 5.41) is 3.17. The van der Waals surface area contributed by atoms with Gasteiger partial charge in [-0.15, -0.1) is 0 Å². The Hall–Kier alpha value is -1.39. The highest BCUT2D eigenvalue weighted by Crippen LogP contribution is 2.30. The van der Waals surface area contributed by atoms with Crippen LogP contribution in [0.1, 0.15) is 15.9 Å². The van der Waals surface area contributed by atoms with Crippen LogP contribution in [0.3, 0.4) is 0 Å². The molecule has 5 heteroatoms. The Balaban J connectivity index is 2.26. The Morgan fingerprint density at radius 2 is 2.05 bits per heavy atom. The van der Waals surface area contributed by atoms with E-state index in [0.717, 1.165) is 0 Å². The summed E-state index contributed by atoms with van der Waals surface area (Å²) >= 11 is 9.22. The van der Waals surface area contributed by atoms with Gasteiger partial charge >= 0.3 is 0 Å². The van der Waals surface area contributed by atoms with Crippen LogP contribution in [0.2, 0.25) is 5.02 Å². The van der Waals surface area contributed by atoms with Gasteiger partial charge in [-0.05, 0) is 52.7 Å². The Kier molecular flexibility index (Phi) is 4.22. The zero-order valence-electron chi connectivity index (χ0n) is 10.0. The standard InChI is InChI=1S/C14H10BrClFNO/c1-8-5-6-9(7-11(8)17)14(19)18-12-4-2-3-10(16)13(12)15/h2-7H,1H3,(H,18,19). The molecule has 0 aromatic heterocycles. The Morgan fingerprint density at radius 3 is 2.74 bits per heavy atom. The van der Waals surface area contributed by atoms with Crippen molar-refractivity contribution in [3.63, 3.8) is 0 Å². The van der Waals surface area contributed by atoms with Gasteiger partial charge < -0.3 is 5.32 Å². The lowest BCUT2D eigenvalue weighted by Gasteiger charge is -2.09. The molecule has 0 atom stereocenters. The zero-order chi connectivity index (χ0) is 14.0. The monoisotopic (exact) mass is 341 g/mol. The lowest BCUT2D eigenvalue weighted by Crippen LogP contribution is -2.12. The Bertz CT molecular complexity index is 645. The molecule has 19 heavy (non-hydrogen) atoms. The van der Waals surface area contributed by atoms with Crippen molar-refractivity contribution in [1.82, 2.24) is 0 Å². The van der Waals surface area contributed by atoms with Crippen LogP contribution in [-0.4, -0.2) is 5.91 Å². The largest absolute Gasteiger partial charge is 0.321 e. The molecule has 2 rings (SSSR count). The van der Waals surface area contributed by atoms with E-state index in [0.29, 0.717) is 20.7 Å². The van der Waals surface area contributed by atoms with Crippen LogP contribution in [0.5, 0.6) is 0 Å². The van der Waals surface area contributed by atoms with Gasteiger partial charge in [0.05, 0.1) is 15.2 Å². The first kappa shape index (κ1) is 14.0. The molecule has 0 bridgehead atoms. The summed E-state index contributed by atoms with van der Waals surface area (Å²) in [4.78, 5) is 12.0. The summed E-state index contributed by atoms with van der Waals surface area (Å²) < 4.78 is 14.0. The first-order chi connectivity index (χ1) is 8.99. The van der Waals surface area contributed by atoms with Crippen molar-refractivity contribution in [3.05, 3.63) is 62.8 Å². The summed E-state index contributed by atoms with van der Waals surface area (Å²) in [5.74, 6) is -0.792. The summed E-state index contributed by atoms with van der Waals surface area (Å²) in [6.07, 6.45) is 0. The quantitative estimate of drug-likeness (QED) is 0.834. The molecule has 1 N–H and O–H groups in total. The molecule has 0 unspecified atom stereocenters. The number of nitrogens with one attached hydrogen (secondary N) is 1. The van der Waals surface area contributed by atoms with Gasteiger partial charge in [-0.3, -0.25) is 4.79 Å². The minimum atomic E-state index is -0.405. The number of anilines is 1. The first-order valence-corrected chi connectivity index (χ1v) is 6.67. The van der Waals surface area contributed by atoms with E-state index in [1.165, 1.54) is 6.07 Å². The number of carbonyl (C=O) groups is 1. The van der Waals surface area contributed by atoms with Gasteiger partial charge in [-0.1, -0.05) is 23.7 Å². The molecule has 0 saturated heterocycles. The van der Waals surface area contributed by atoms with E-state index in [1.54, 1.807) is 37.3 Å². The van der Waals surface area contributed by atoms with Crippen molar-refractivity contribution in [2.24, 2.45) is 0 Å². The van der Waals surface area contributed by atoms with Crippen LogP contribution in [-0.2, 0) is 0 Å². The van der Waals surface area contributed by atoms with Gasteiger partial charge in [0.25, 0.3) is 5.91 Å². The number of rotatable bonds is 2. The fraction of sp³-hybridized carbons (Fsp3) is 0.0714. The second kappa shape index (κ2) is 5.72. The summed E-state index contributed by atoms with van der Waals surface area (Å²) in [6, 6.07) is 9.48. The third-order valence-electron chi connectivity index (χ3n) is 2.63. The van der Waals surface area contributed by atoms with Crippen LogP contribution in [0, 0.1) is 12.7 Å². The second-order valence-electron chi connectivity index (χ2n) is 4.02. The van der Waals surface area contributed by atoms with E-state index in [-0.39, 0.29) is 11.5 Å². The average molecular weight is 343 g/mol. The van der Waals surface area contributed by atoms with Crippen LogP contribution in [0.15, 0.2) is 40.9 Å². The van der Waals surface area contributed by atoms with Crippen molar-refractivity contribution >= 4 is 39.1 Å². The molecule has 0 aliphatic rings. The van der Waals surface area contributed by atoms with Crippen molar-refractivity contribution in [3.8, 4) is 0 Å². The van der Waals surface area contributed by atoms with E-state index in [1.807, 2.05) is 0 Å². The van der Waals surface area contributed by atoms with Crippen molar-refractivity contribution in [2.75, 3.05) is 5.32 Å². The van der Waals surface area contributed by atoms with Crippen LogP contribution in [0.25, 0.3) is 0 Å². The fourth-order valence-electron chi connectivity index (χ4n) is 1.53. The molecule has 1 amide bonds. The maximum atomic E-state index is 13.4. The molecule has 0 heterocycles. The van der Waals surface area contributed by atoms with Crippen LogP contribution in [0.4, 0.5) is 10.1 Å². The third kappa shape index (κ3) is 3.14. The molecule has 2 aromatic carbocycles. The third-order valence-corrected chi connectivity index (χ3v) is 4.03. The molecule has 2 aromatic rings. The maximum Gasteiger partial charge on any atom is 0.255 e. The van der Waals surface area contributed by atoms with Crippen molar-refractivity contribution in [1.29, 1.82) is 0 Å². The van der Waals surface area contributed by atoms with Crippen LogP contribution >= 0.6 is 27.5 Å². The molecule has 0 radical (unpaired) electrons. The summed E-state index contributed by atoms with van der Waals surface area (Å²) in [5.41, 5.74) is 1.30. The summed E-state index contributed by atoms with van der Waals surface area (Å²) in [7, 11) is 0. The van der Waals surface area contributed by atoms with E-state index < -0.39 is 5.82 Å². The molecule has 98 valence electrons. The van der Waals surface area contributed by atoms with Gasteiger partial charge in [0.2, 0.25) is 0 Å². The molecule has 0 saturated carbocycles. The molecular formula is C14H10BrClFNO. The molecule has 0 spiro atoms. The lowest BCUT2D eigenvalue weighted by atomic mass is 10.1. The highest BCUT2D eigenvalue weighted by molar-refractivity contribution is 9.10. The first-order valence-electron chi connectivity index (χ1n) is 5.50. The van der Waals surface area contributed by atoms with E-state index in [4.69, 9.17) is 11.6 Å². The molecule has 0 fully saturated rings. The van der Waals surface area contributed by atoms with E-state index in [9.17, 15) is 9.18 Å². The van der Waals surface area contributed by atoms with Gasteiger partial charge in [0.15, 0.2) is 0 Å².